The van der Waals surface area contributed by atoms with Crippen molar-refractivity contribution < 1.29 is 19.5 Å². The molecule has 1 heterocycles. The van der Waals surface area contributed by atoms with Crippen molar-refractivity contribution in [2.24, 2.45) is 5.73 Å². The van der Waals surface area contributed by atoms with Crippen LogP contribution in [0.15, 0.2) is 42.5 Å². The van der Waals surface area contributed by atoms with E-state index in [1.165, 1.54) is 0 Å². The number of aliphatic carboxylic acids is 1. The zero-order valence-electron chi connectivity index (χ0n) is 14.8. The Hall–Kier alpha value is -3.88. The van der Waals surface area contributed by atoms with Gasteiger partial charge in [-0.15, -0.1) is 0 Å². The maximum absolute atomic E-state index is 12.4. The van der Waals surface area contributed by atoms with Gasteiger partial charge in [-0.2, -0.15) is 0 Å². The normalized spacial score (nSPS) is 15.4. The standard InChI is InChI=1S/C19H19N5O4/c20-17(21)10-1-3-11(4-2-10)18(27)23-13-5-6-14-12(7-13)9-22-19(28)15(24-14)8-16(25)26/h1-7,15,24H,8-9H2,(H3,20,21)(H,22,28)(H,23,27)(H,25,26)/t15-/m0/s1. The molecule has 0 aromatic heterocycles. The Morgan fingerprint density at radius 1 is 1.18 bits per heavy atom. The van der Waals surface area contributed by atoms with Gasteiger partial charge in [0.05, 0.1) is 6.42 Å². The summed E-state index contributed by atoms with van der Waals surface area (Å²) in [5.74, 6) is -1.87. The lowest BCUT2D eigenvalue weighted by molar-refractivity contribution is -0.139. The summed E-state index contributed by atoms with van der Waals surface area (Å²) in [6.07, 6.45) is -0.333. The number of nitrogen functional groups attached to an aromatic ring is 1. The number of nitrogens with one attached hydrogen (secondary N) is 4. The Bertz CT molecular complexity index is 955. The van der Waals surface area contributed by atoms with Gasteiger partial charge >= 0.3 is 5.97 Å². The number of carboxylic acids is 1. The van der Waals surface area contributed by atoms with Crippen molar-refractivity contribution >= 4 is 35.0 Å². The van der Waals surface area contributed by atoms with Gasteiger partial charge in [-0.3, -0.25) is 19.8 Å². The molecule has 2 aromatic carbocycles. The number of hydrogen-bond acceptors (Lipinski definition) is 5. The first-order chi connectivity index (χ1) is 13.3. The number of rotatable bonds is 5. The molecule has 3 rings (SSSR count). The van der Waals surface area contributed by atoms with Crippen molar-refractivity contribution in [3.8, 4) is 0 Å². The van der Waals surface area contributed by atoms with Crippen LogP contribution in [0.2, 0.25) is 0 Å². The molecule has 9 heteroatoms. The third-order valence-corrected chi connectivity index (χ3v) is 4.30. The SMILES string of the molecule is N=C(N)c1ccc(C(=O)Nc2ccc3c(c2)CNC(=O)[C@H](CC(=O)O)N3)cc1. The number of anilines is 2. The van der Waals surface area contributed by atoms with E-state index >= 15 is 0 Å². The number of carboxylic acid groups (broad SMARTS) is 1. The summed E-state index contributed by atoms with van der Waals surface area (Å²) in [7, 11) is 0. The van der Waals surface area contributed by atoms with E-state index in [0.29, 0.717) is 22.5 Å². The molecule has 0 radical (unpaired) electrons. The molecular weight excluding hydrogens is 362 g/mol. The molecule has 0 saturated carbocycles. The van der Waals surface area contributed by atoms with Crippen LogP contribution in [0.3, 0.4) is 0 Å². The molecule has 7 N–H and O–H groups in total. The molecule has 1 aliphatic rings. The Balaban J connectivity index is 1.75. The quantitative estimate of drug-likeness (QED) is 0.336. The minimum atomic E-state index is -1.07. The second-order valence-electron chi connectivity index (χ2n) is 6.33. The average molecular weight is 381 g/mol. The van der Waals surface area contributed by atoms with Crippen LogP contribution in [0.5, 0.6) is 0 Å². The second-order valence-corrected chi connectivity index (χ2v) is 6.33. The van der Waals surface area contributed by atoms with Crippen LogP contribution in [-0.2, 0) is 16.1 Å². The fourth-order valence-electron chi connectivity index (χ4n) is 2.84. The number of benzene rings is 2. The zero-order valence-corrected chi connectivity index (χ0v) is 14.8. The van der Waals surface area contributed by atoms with E-state index in [9.17, 15) is 14.4 Å². The number of hydrogen-bond donors (Lipinski definition) is 6. The fourth-order valence-corrected chi connectivity index (χ4v) is 2.84. The average Bonchev–Trinajstić information content (AvgIpc) is 2.80. The van der Waals surface area contributed by atoms with Crippen molar-refractivity contribution in [1.82, 2.24) is 5.32 Å². The monoisotopic (exact) mass is 381 g/mol. The lowest BCUT2D eigenvalue weighted by Crippen LogP contribution is -2.38. The van der Waals surface area contributed by atoms with Crippen molar-refractivity contribution in [3.05, 3.63) is 59.2 Å². The minimum absolute atomic E-state index is 0.0755. The number of fused-ring (bicyclic) bond motifs is 1. The highest BCUT2D eigenvalue weighted by molar-refractivity contribution is 6.05. The van der Waals surface area contributed by atoms with Crippen molar-refractivity contribution in [1.29, 1.82) is 5.41 Å². The number of nitrogens with two attached hydrogens (primary N) is 1. The van der Waals surface area contributed by atoms with Gasteiger partial charge in [0.2, 0.25) is 5.91 Å². The highest BCUT2D eigenvalue weighted by atomic mass is 16.4. The van der Waals surface area contributed by atoms with Crippen molar-refractivity contribution in [2.75, 3.05) is 10.6 Å². The molecule has 2 amide bonds. The van der Waals surface area contributed by atoms with Crippen LogP contribution in [0.25, 0.3) is 0 Å². The van der Waals surface area contributed by atoms with E-state index in [2.05, 4.69) is 16.0 Å². The molecule has 28 heavy (non-hydrogen) atoms. The van der Waals surface area contributed by atoms with Gasteiger partial charge < -0.3 is 26.8 Å². The van der Waals surface area contributed by atoms with Crippen LogP contribution in [0, 0.1) is 5.41 Å². The minimum Gasteiger partial charge on any atom is -0.481 e. The van der Waals surface area contributed by atoms with E-state index in [-0.39, 0.29) is 24.7 Å². The van der Waals surface area contributed by atoms with Gasteiger partial charge in [0.1, 0.15) is 11.9 Å². The van der Waals surface area contributed by atoms with Crippen LogP contribution < -0.4 is 21.7 Å². The fraction of sp³-hybridized carbons (Fsp3) is 0.158. The molecule has 1 atom stereocenters. The van der Waals surface area contributed by atoms with Crippen molar-refractivity contribution in [3.63, 3.8) is 0 Å². The molecular formula is C19H19N5O4. The summed E-state index contributed by atoms with van der Waals surface area (Å²) in [5.41, 5.74) is 8.23. The summed E-state index contributed by atoms with van der Waals surface area (Å²) in [4.78, 5) is 35.3. The van der Waals surface area contributed by atoms with Crippen LogP contribution in [0.4, 0.5) is 11.4 Å². The third-order valence-electron chi connectivity index (χ3n) is 4.30. The van der Waals surface area contributed by atoms with Gasteiger partial charge in [0, 0.05) is 29.0 Å². The predicted molar refractivity (Wildman–Crippen MR) is 103 cm³/mol. The topological polar surface area (TPSA) is 157 Å². The number of carbonyl (C=O) groups excluding carboxylic acids is 2. The van der Waals surface area contributed by atoms with Gasteiger partial charge in [-0.05, 0) is 35.9 Å². The Kier molecular flexibility index (Phi) is 5.25. The van der Waals surface area contributed by atoms with Crippen molar-refractivity contribution in [2.45, 2.75) is 19.0 Å². The highest BCUT2D eigenvalue weighted by Crippen LogP contribution is 2.24. The first-order valence-electron chi connectivity index (χ1n) is 8.48. The van der Waals surface area contributed by atoms with Gasteiger partial charge in [0.15, 0.2) is 0 Å². The molecule has 9 nitrogen and oxygen atoms in total. The Morgan fingerprint density at radius 2 is 1.86 bits per heavy atom. The number of carbonyl (C=O) groups is 3. The molecule has 0 saturated heterocycles. The molecule has 0 fully saturated rings. The molecule has 0 unspecified atom stereocenters. The second kappa shape index (κ2) is 7.78. The van der Waals surface area contributed by atoms with Gasteiger partial charge in [-0.25, -0.2) is 0 Å². The highest BCUT2D eigenvalue weighted by Gasteiger charge is 2.25. The van der Waals surface area contributed by atoms with Crippen LogP contribution in [0.1, 0.15) is 27.9 Å². The molecule has 0 spiro atoms. The first kappa shape index (κ1) is 18.9. The van der Waals surface area contributed by atoms with Crippen LogP contribution in [-0.4, -0.2) is 34.8 Å². The number of amides is 2. The largest absolute Gasteiger partial charge is 0.481 e. The zero-order chi connectivity index (χ0) is 20.3. The lowest BCUT2D eigenvalue weighted by atomic mass is 10.1. The lowest BCUT2D eigenvalue weighted by Gasteiger charge is -2.15. The third kappa shape index (κ3) is 4.26. The van der Waals surface area contributed by atoms with E-state index < -0.39 is 17.9 Å². The summed E-state index contributed by atoms with van der Waals surface area (Å²) in [5, 5.41) is 24.7. The maximum atomic E-state index is 12.4. The summed E-state index contributed by atoms with van der Waals surface area (Å²) < 4.78 is 0. The number of amidine groups is 1. The van der Waals surface area contributed by atoms with E-state index in [4.69, 9.17) is 16.2 Å². The predicted octanol–water partition coefficient (Wildman–Crippen LogP) is 1.11. The molecule has 1 aliphatic heterocycles. The van der Waals surface area contributed by atoms with Gasteiger partial charge in [0.25, 0.3) is 5.91 Å². The van der Waals surface area contributed by atoms with E-state index in [1.807, 2.05) is 0 Å². The smallest absolute Gasteiger partial charge is 0.305 e. The molecule has 2 aromatic rings. The van der Waals surface area contributed by atoms with E-state index in [1.54, 1.807) is 42.5 Å². The van der Waals surface area contributed by atoms with Crippen LogP contribution >= 0.6 is 0 Å². The Morgan fingerprint density at radius 3 is 2.50 bits per heavy atom. The summed E-state index contributed by atoms with van der Waals surface area (Å²) >= 11 is 0. The summed E-state index contributed by atoms with van der Waals surface area (Å²) in [6, 6.07) is 10.6. The Labute approximate surface area is 160 Å². The first-order valence-corrected chi connectivity index (χ1v) is 8.48. The maximum Gasteiger partial charge on any atom is 0.305 e. The van der Waals surface area contributed by atoms with Gasteiger partial charge in [-0.1, -0.05) is 12.1 Å². The molecule has 0 bridgehead atoms. The summed E-state index contributed by atoms with van der Waals surface area (Å²) in [6.45, 7) is 0.217. The van der Waals surface area contributed by atoms with E-state index in [0.717, 1.165) is 5.56 Å². The molecule has 144 valence electrons. The molecule has 0 aliphatic carbocycles.